The van der Waals surface area contributed by atoms with Crippen LogP contribution in [0, 0.1) is 0 Å². The molecule has 1 heterocycles. The lowest BCUT2D eigenvalue weighted by Crippen LogP contribution is -2.23. The topological polar surface area (TPSA) is 70.0 Å². The number of carbonyl (C=O) groups is 2. The molecule has 0 fully saturated rings. The van der Waals surface area contributed by atoms with E-state index in [-0.39, 0.29) is 5.75 Å². The Hall–Kier alpha value is -2.95. The Labute approximate surface area is 114 Å². The number of hydrazone groups is 1. The minimum Gasteiger partial charge on any atom is -0.507 e. The summed E-state index contributed by atoms with van der Waals surface area (Å²) in [5, 5.41) is 14.3. The number of benzene rings is 2. The van der Waals surface area contributed by atoms with Gasteiger partial charge < -0.3 is 5.11 Å². The second kappa shape index (κ2) is 4.62. The van der Waals surface area contributed by atoms with Gasteiger partial charge in [-0.2, -0.15) is 10.1 Å². The molecule has 0 saturated heterocycles. The summed E-state index contributed by atoms with van der Waals surface area (Å²) < 4.78 is 0. The van der Waals surface area contributed by atoms with Crippen molar-refractivity contribution in [3.8, 4) is 5.75 Å². The molecular weight excluding hydrogens is 256 g/mol. The molecule has 98 valence electrons. The fourth-order valence-electron chi connectivity index (χ4n) is 2.00. The summed E-state index contributed by atoms with van der Waals surface area (Å²) in [6.07, 6.45) is 1.29. The molecular formula is C15H10N2O3. The number of imide groups is 1. The van der Waals surface area contributed by atoms with Crippen molar-refractivity contribution < 1.29 is 14.7 Å². The molecule has 0 aliphatic carbocycles. The monoisotopic (exact) mass is 266 g/mol. The van der Waals surface area contributed by atoms with Gasteiger partial charge >= 0.3 is 0 Å². The highest BCUT2D eigenvalue weighted by molar-refractivity contribution is 6.21. The number of rotatable bonds is 2. The van der Waals surface area contributed by atoms with Gasteiger partial charge in [-0.25, -0.2) is 0 Å². The van der Waals surface area contributed by atoms with Crippen LogP contribution in [0.3, 0.4) is 0 Å². The number of phenolic OH excluding ortho intramolecular Hbond substituents is 1. The summed E-state index contributed by atoms with van der Waals surface area (Å²) in [5.41, 5.74) is 1.11. The van der Waals surface area contributed by atoms with Crippen molar-refractivity contribution in [3.05, 3.63) is 65.2 Å². The summed E-state index contributed by atoms with van der Waals surface area (Å²) in [7, 11) is 0. The zero-order chi connectivity index (χ0) is 14.1. The Morgan fingerprint density at radius 1 is 0.900 bits per heavy atom. The van der Waals surface area contributed by atoms with Crippen LogP contribution in [-0.2, 0) is 0 Å². The maximum atomic E-state index is 12.0. The molecule has 5 nitrogen and oxygen atoms in total. The van der Waals surface area contributed by atoms with E-state index in [4.69, 9.17) is 0 Å². The number of amides is 2. The first kappa shape index (κ1) is 12.1. The van der Waals surface area contributed by atoms with Gasteiger partial charge in [-0.3, -0.25) is 9.59 Å². The largest absolute Gasteiger partial charge is 0.507 e. The molecule has 0 aromatic heterocycles. The summed E-state index contributed by atoms with van der Waals surface area (Å²) in [5.74, 6) is -0.887. The Morgan fingerprint density at radius 2 is 1.45 bits per heavy atom. The summed E-state index contributed by atoms with van der Waals surface area (Å²) in [4.78, 5) is 24.1. The Balaban J connectivity index is 1.93. The van der Waals surface area contributed by atoms with Crippen molar-refractivity contribution in [2.24, 2.45) is 5.10 Å². The van der Waals surface area contributed by atoms with Crippen LogP contribution < -0.4 is 0 Å². The molecule has 0 radical (unpaired) electrons. The van der Waals surface area contributed by atoms with Crippen molar-refractivity contribution in [1.29, 1.82) is 0 Å². The Morgan fingerprint density at radius 3 is 2.05 bits per heavy atom. The second-order valence-electron chi connectivity index (χ2n) is 4.27. The highest BCUT2D eigenvalue weighted by Crippen LogP contribution is 2.23. The third-order valence-electron chi connectivity index (χ3n) is 3.02. The highest BCUT2D eigenvalue weighted by atomic mass is 16.3. The molecule has 1 aliphatic rings. The number of aromatic hydroxyl groups is 1. The van der Waals surface area contributed by atoms with Gasteiger partial charge in [-0.15, -0.1) is 0 Å². The molecule has 2 aromatic carbocycles. The standard InChI is InChI=1S/C15H10N2O3/c18-13-8-4-1-5-10(13)9-16-17-14(19)11-6-2-3-7-12(11)15(17)20/h1-9,18H/b16-9+. The number of hydrogen-bond acceptors (Lipinski definition) is 4. The zero-order valence-electron chi connectivity index (χ0n) is 10.4. The zero-order valence-corrected chi connectivity index (χ0v) is 10.4. The van der Waals surface area contributed by atoms with Gasteiger partial charge in [0.1, 0.15) is 5.75 Å². The van der Waals surface area contributed by atoms with E-state index in [2.05, 4.69) is 5.10 Å². The van der Waals surface area contributed by atoms with Crippen LogP contribution in [0.15, 0.2) is 53.6 Å². The second-order valence-corrected chi connectivity index (χ2v) is 4.27. The Kier molecular flexibility index (Phi) is 2.80. The number of para-hydroxylation sites is 1. The quantitative estimate of drug-likeness (QED) is 0.667. The van der Waals surface area contributed by atoms with Crippen molar-refractivity contribution >= 4 is 18.0 Å². The molecule has 0 unspecified atom stereocenters. The van der Waals surface area contributed by atoms with E-state index >= 15 is 0 Å². The number of fused-ring (bicyclic) bond motifs is 1. The van der Waals surface area contributed by atoms with Crippen LogP contribution >= 0.6 is 0 Å². The number of nitrogens with zero attached hydrogens (tertiary/aromatic N) is 2. The van der Waals surface area contributed by atoms with Crippen molar-refractivity contribution in [3.63, 3.8) is 0 Å². The minimum absolute atomic E-state index is 0.0351. The predicted molar refractivity (Wildman–Crippen MR) is 72.6 cm³/mol. The molecule has 2 amide bonds. The Bertz CT molecular complexity index is 702. The average Bonchev–Trinajstić information content (AvgIpc) is 2.71. The van der Waals surface area contributed by atoms with E-state index in [9.17, 15) is 14.7 Å². The minimum atomic E-state index is -0.461. The highest BCUT2D eigenvalue weighted by Gasteiger charge is 2.35. The van der Waals surface area contributed by atoms with Crippen molar-refractivity contribution in [2.45, 2.75) is 0 Å². The van der Waals surface area contributed by atoms with Crippen LogP contribution in [0.25, 0.3) is 0 Å². The maximum Gasteiger partial charge on any atom is 0.282 e. The lowest BCUT2D eigenvalue weighted by molar-refractivity contribution is 0.0660. The van der Waals surface area contributed by atoms with E-state index < -0.39 is 11.8 Å². The third kappa shape index (κ3) is 1.85. The molecule has 3 rings (SSSR count). The van der Waals surface area contributed by atoms with Gasteiger partial charge in [0.2, 0.25) is 0 Å². The van der Waals surface area contributed by atoms with Crippen molar-refractivity contribution in [2.75, 3.05) is 0 Å². The summed E-state index contributed by atoms with van der Waals surface area (Å²) in [6.45, 7) is 0. The molecule has 2 aromatic rings. The van der Waals surface area contributed by atoms with Crippen LogP contribution in [0.4, 0.5) is 0 Å². The SMILES string of the molecule is O=C1c2ccccc2C(=O)N1/N=C/c1ccccc1O. The van der Waals surface area contributed by atoms with Gasteiger partial charge in [0.25, 0.3) is 11.8 Å². The number of hydrogen-bond donors (Lipinski definition) is 1. The molecule has 1 N–H and O–H groups in total. The third-order valence-corrected chi connectivity index (χ3v) is 3.02. The summed E-state index contributed by atoms with van der Waals surface area (Å²) in [6, 6.07) is 13.1. The van der Waals surface area contributed by atoms with Gasteiger partial charge in [-0.1, -0.05) is 24.3 Å². The molecule has 0 atom stereocenters. The normalized spacial score (nSPS) is 14.1. The van der Waals surface area contributed by atoms with Gasteiger partial charge in [0, 0.05) is 5.56 Å². The van der Waals surface area contributed by atoms with E-state index in [0.29, 0.717) is 16.7 Å². The van der Waals surface area contributed by atoms with Crippen LogP contribution in [0.2, 0.25) is 0 Å². The molecule has 5 heteroatoms. The lowest BCUT2D eigenvalue weighted by Gasteiger charge is -2.05. The fraction of sp³-hybridized carbons (Fsp3) is 0. The summed E-state index contributed by atoms with van der Waals surface area (Å²) >= 11 is 0. The smallest absolute Gasteiger partial charge is 0.282 e. The molecule has 0 bridgehead atoms. The fourth-order valence-corrected chi connectivity index (χ4v) is 2.00. The first-order valence-electron chi connectivity index (χ1n) is 5.98. The molecule has 20 heavy (non-hydrogen) atoms. The van der Waals surface area contributed by atoms with E-state index in [1.54, 1.807) is 42.5 Å². The maximum absolute atomic E-state index is 12.0. The van der Waals surface area contributed by atoms with Crippen LogP contribution in [-0.4, -0.2) is 28.1 Å². The first-order valence-corrected chi connectivity index (χ1v) is 5.98. The predicted octanol–water partition coefficient (Wildman–Crippen LogP) is 2.02. The number of carbonyl (C=O) groups excluding carboxylic acids is 2. The van der Waals surface area contributed by atoms with Gasteiger partial charge in [0.05, 0.1) is 17.3 Å². The molecule has 0 saturated carbocycles. The lowest BCUT2D eigenvalue weighted by atomic mass is 10.1. The van der Waals surface area contributed by atoms with Gasteiger partial charge in [0.15, 0.2) is 0 Å². The molecule has 1 aliphatic heterocycles. The van der Waals surface area contributed by atoms with Crippen molar-refractivity contribution in [1.82, 2.24) is 5.01 Å². The van der Waals surface area contributed by atoms with Crippen LogP contribution in [0.1, 0.15) is 26.3 Å². The van der Waals surface area contributed by atoms with E-state index in [0.717, 1.165) is 5.01 Å². The first-order chi connectivity index (χ1) is 9.68. The van der Waals surface area contributed by atoms with E-state index in [1.807, 2.05) is 0 Å². The van der Waals surface area contributed by atoms with E-state index in [1.165, 1.54) is 12.3 Å². The molecule has 0 spiro atoms. The number of phenols is 1. The van der Waals surface area contributed by atoms with Crippen LogP contribution in [0.5, 0.6) is 5.75 Å². The average molecular weight is 266 g/mol. The van der Waals surface area contributed by atoms with Gasteiger partial charge in [-0.05, 0) is 24.3 Å².